The van der Waals surface area contributed by atoms with Crippen LogP contribution in [-0.2, 0) is 0 Å². The molecule has 0 unspecified atom stereocenters. The standard InChI is InChI=1S/C11H16N2O2/c1-8(14)9-3-4-11(10(13)7-9)15-6-2-5-12/h3-4,7H,2,5-6,12-13H2,1H3. The zero-order chi connectivity index (χ0) is 11.3. The quantitative estimate of drug-likeness (QED) is 0.433. The lowest BCUT2D eigenvalue weighted by Crippen LogP contribution is -2.07. The molecular formula is C11H16N2O2. The molecule has 0 bridgehead atoms. The SMILES string of the molecule is CC(=O)c1ccc(OCCCN)c(N)c1. The number of hydrogen-bond acceptors (Lipinski definition) is 4. The van der Waals surface area contributed by atoms with E-state index in [4.69, 9.17) is 16.2 Å². The second kappa shape index (κ2) is 5.36. The lowest BCUT2D eigenvalue weighted by atomic mass is 10.1. The van der Waals surface area contributed by atoms with Crippen LogP contribution in [-0.4, -0.2) is 18.9 Å². The van der Waals surface area contributed by atoms with Crippen LogP contribution in [0.5, 0.6) is 5.75 Å². The molecule has 1 aromatic carbocycles. The monoisotopic (exact) mass is 208 g/mol. The van der Waals surface area contributed by atoms with Crippen molar-refractivity contribution in [2.75, 3.05) is 18.9 Å². The average molecular weight is 208 g/mol. The number of nitrogens with two attached hydrogens (primary N) is 2. The fourth-order valence-electron chi connectivity index (χ4n) is 1.16. The molecule has 0 aliphatic rings. The molecule has 0 amide bonds. The fourth-order valence-corrected chi connectivity index (χ4v) is 1.16. The Balaban J connectivity index is 2.70. The molecule has 4 N–H and O–H groups in total. The molecule has 0 aliphatic carbocycles. The van der Waals surface area contributed by atoms with E-state index in [1.165, 1.54) is 6.92 Å². The number of benzene rings is 1. The molecule has 0 saturated carbocycles. The summed E-state index contributed by atoms with van der Waals surface area (Å²) in [5.41, 5.74) is 12.2. The zero-order valence-electron chi connectivity index (χ0n) is 8.82. The smallest absolute Gasteiger partial charge is 0.159 e. The number of rotatable bonds is 5. The van der Waals surface area contributed by atoms with E-state index in [2.05, 4.69) is 0 Å². The molecule has 0 heterocycles. The molecular weight excluding hydrogens is 192 g/mol. The van der Waals surface area contributed by atoms with Gasteiger partial charge in [0.15, 0.2) is 5.78 Å². The van der Waals surface area contributed by atoms with E-state index >= 15 is 0 Å². The minimum absolute atomic E-state index is 0.00444. The third kappa shape index (κ3) is 3.25. The van der Waals surface area contributed by atoms with Crippen molar-refractivity contribution in [3.63, 3.8) is 0 Å². The Hall–Kier alpha value is -1.55. The third-order valence-electron chi connectivity index (χ3n) is 2.02. The highest BCUT2D eigenvalue weighted by Crippen LogP contribution is 2.22. The van der Waals surface area contributed by atoms with Gasteiger partial charge in [0.2, 0.25) is 0 Å². The Morgan fingerprint density at radius 2 is 2.20 bits per heavy atom. The molecule has 0 atom stereocenters. The van der Waals surface area contributed by atoms with E-state index in [1.807, 2.05) is 0 Å². The number of carbonyl (C=O) groups excluding carboxylic acids is 1. The first-order chi connectivity index (χ1) is 7.15. The normalized spacial score (nSPS) is 10.0. The van der Waals surface area contributed by atoms with Gasteiger partial charge in [-0.1, -0.05) is 0 Å². The van der Waals surface area contributed by atoms with Gasteiger partial charge < -0.3 is 16.2 Å². The number of ether oxygens (including phenoxy) is 1. The topological polar surface area (TPSA) is 78.3 Å². The van der Waals surface area contributed by atoms with Crippen LogP contribution in [0.3, 0.4) is 0 Å². The number of Topliss-reactive ketones (excluding diaryl/α,β-unsaturated/α-hetero) is 1. The van der Waals surface area contributed by atoms with Crippen LogP contribution >= 0.6 is 0 Å². The maximum absolute atomic E-state index is 11.1. The second-order valence-corrected chi connectivity index (χ2v) is 3.30. The van der Waals surface area contributed by atoms with Crippen molar-refractivity contribution in [2.24, 2.45) is 5.73 Å². The van der Waals surface area contributed by atoms with Crippen LogP contribution in [0.25, 0.3) is 0 Å². The highest BCUT2D eigenvalue weighted by molar-refractivity contribution is 5.95. The Morgan fingerprint density at radius 1 is 1.47 bits per heavy atom. The lowest BCUT2D eigenvalue weighted by molar-refractivity contribution is 0.101. The van der Waals surface area contributed by atoms with Gasteiger partial charge in [0, 0.05) is 5.56 Å². The molecule has 1 aromatic rings. The van der Waals surface area contributed by atoms with E-state index in [-0.39, 0.29) is 5.78 Å². The van der Waals surface area contributed by atoms with Gasteiger partial charge >= 0.3 is 0 Å². The van der Waals surface area contributed by atoms with Gasteiger partial charge in [-0.15, -0.1) is 0 Å². The van der Waals surface area contributed by atoms with E-state index in [0.29, 0.717) is 30.2 Å². The first-order valence-electron chi connectivity index (χ1n) is 4.88. The Morgan fingerprint density at radius 3 is 2.73 bits per heavy atom. The first kappa shape index (κ1) is 11.5. The number of anilines is 1. The summed E-state index contributed by atoms with van der Waals surface area (Å²) in [6.45, 7) is 2.63. The van der Waals surface area contributed by atoms with E-state index in [0.717, 1.165) is 6.42 Å². The average Bonchev–Trinajstić information content (AvgIpc) is 2.20. The van der Waals surface area contributed by atoms with Crippen LogP contribution in [0, 0.1) is 0 Å². The number of ketones is 1. The van der Waals surface area contributed by atoms with Crippen LogP contribution in [0.15, 0.2) is 18.2 Å². The van der Waals surface area contributed by atoms with Crippen molar-refractivity contribution in [3.05, 3.63) is 23.8 Å². The van der Waals surface area contributed by atoms with Crippen molar-refractivity contribution < 1.29 is 9.53 Å². The summed E-state index contributed by atoms with van der Waals surface area (Å²) < 4.78 is 5.40. The first-order valence-corrected chi connectivity index (χ1v) is 4.88. The van der Waals surface area contributed by atoms with Gasteiger partial charge in [0.05, 0.1) is 12.3 Å². The third-order valence-corrected chi connectivity index (χ3v) is 2.02. The largest absolute Gasteiger partial charge is 0.491 e. The molecule has 0 saturated heterocycles. The minimum atomic E-state index is -0.00444. The second-order valence-electron chi connectivity index (χ2n) is 3.30. The zero-order valence-corrected chi connectivity index (χ0v) is 8.82. The van der Waals surface area contributed by atoms with Gasteiger partial charge in [-0.25, -0.2) is 0 Å². The van der Waals surface area contributed by atoms with Crippen molar-refractivity contribution >= 4 is 11.5 Å². The van der Waals surface area contributed by atoms with E-state index < -0.39 is 0 Å². The number of hydrogen-bond donors (Lipinski definition) is 2. The molecule has 82 valence electrons. The fraction of sp³-hybridized carbons (Fsp3) is 0.364. The van der Waals surface area contributed by atoms with Crippen molar-refractivity contribution in [1.82, 2.24) is 0 Å². The summed E-state index contributed by atoms with van der Waals surface area (Å²) in [6.07, 6.45) is 0.786. The Labute approximate surface area is 89.2 Å². The van der Waals surface area contributed by atoms with Crippen molar-refractivity contribution in [2.45, 2.75) is 13.3 Å². The predicted molar refractivity (Wildman–Crippen MR) is 60.0 cm³/mol. The van der Waals surface area contributed by atoms with Gasteiger partial charge in [-0.2, -0.15) is 0 Å². The predicted octanol–water partition coefficient (Wildman–Crippen LogP) is 1.20. The molecule has 0 radical (unpaired) electrons. The summed E-state index contributed by atoms with van der Waals surface area (Å²) in [4.78, 5) is 11.1. The van der Waals surface area contributed by atoms with Crippen LogP contribution in [0.2, 0.25) is 0 Å². The van der Waals surface area contributed by atoms with Gasteiger partial charge in [0.25, 0.3) is 0 Å². The molecule has 15 heavy (non-hydrogen) atoms. The van der Waals surface area contributed by atoms with Gasteiger partial charge in [-0.3, -0.25) is 4.79 Å². The Kier molecular flexibility index (Phi) is 4.12. The highest BCUT2D eigenvalue weighted by Gasteiger charge is 2.04. The molecule has 0 aliphatic heterocycles. The van der Waals surface area contributed by atoms with E-state index in [9.17, 15) is 4.79 Å². The maximum atomic E-state index is 11.1. The van der Waals surface area contributed by atoms with Crippen LogP contribution in [0.1, 0.15) is 23.7 Å². The lowest BCUT2D eigenvalue weighted by Gasteiger charge is -2.08. The van der Waals surface area contributed by atoms with E-state index in [1.54, 1.807) is 18.2 Å². The molecule has 1 rings (SSSR count). The van der Waals surface area contributed by atoms with Gasteiger partial charge in [0.1, 0.15) is 5.75 Å². The number of nitrogen functional groups attached to an aromatic ring is 1. The highest BCUT2D eigenvalue weighted by atomic mass is 16.5. The summed E-state index contributed by atoms with van der Waals surface area (Å²) in [5, 5.41) is 0. The molecule has 4 nitrogen and oxygen atoms in total. The summed E-state index contributed by atoms with van der Waals surface area (Å²) in [6, 6.07) is 5.04. The van der Waals surface area contributed by atoms with Crippen LogP contribution in [0.4, 0.5) is 5.69 Å². The molecule has 4 heteroatoms. The van der Waals surface area contributed by atoms with Crippen molar-refractivity contribution in [3.8, 4) is 5.75 Å². The minimum Gasteiger partial charge on any atom is -0.491 e. The van der Waals surface area contributed by atoms with Gasteiger partial charge in [-0.05, 0) is 38.1 Å². The summed E-state index contributed by atoms with van der Waals surface area (Å²) in [5.74, 6) is 0.601. The summed E-state index contributed by atoms with van der Waals surface area (Å²) >= 11 is 0. The maximum Gasteiger partial charge on any atom is 0.159 e. The molecule has 0 spiro atoms. The van der Waals surface area contributed by atoms with Crippen LogP contribution < -0.4 is 16.2 Å². The Bertz CT molecular complexity index is 350. The molecule has 0 fully saturated rings. The summed E-state index contributed by atoms with van der Waals surface area (Å²) in [7, 11) is 0. The molecule has 0 aromatic heterocycles. The van der Waals surface area contributed by atoms with Crippen molar-refractivity contribution in [1.29, 1.82) is 0 Å². The number of carbonyl (C=O) groups is 1.